The van der Waals surface area contributed by atoms with Gasteiger partial charge < -0.3 is 9.84 Å². The van der Waals surface area contributed by atoms with Crippen molar-refractivity contribution in [2.45, 2.75) is 39.3 Å². The summed E-state index contributed by atoms with van der Waals surface area (Å²) in [6.45, 7) is 3.33. The number of aryl methyl sites for hydroxylation is 1. The van der Waals surface area contributed by atoms with Crippen molar-refractivity contribution in [1.29, 1.82) is 0 Å². The second-order valence-corrected chi connectivity index (χ2v) is 7.56. The fourth-order valence-electron chi connectivity index (χ4n) is 3.77. The number of ether oxygens (including phenoxy) is 1. The van der Waals surface area contributed by atoms with E-state index in [2.05, 4.69) is 18.0 Å². The summed E-state index contributed by atoms with van der Waals surface area (Å²) in [6, 6.07) is 15.4. The second-order valence-electron chi connectivity index (χ2n) is 7.56. The fraction of sp³-hybridized carbons (Fsp3) is 0.292. The summed E-state index contributed by atoms with van der Waals surface area (Å²) in [5.41, 5.74) is 5.25. The lowest BCUT2D eigenvalue weighted by Gasteiger charge is -2.08. The van der Waals surface area contributed by atoms with Crippen LogP contribution in [0.1, 0.15) is 47.2 Å². The molecule has 0 unspecified atom stereocenters. The zero-order valence-electron chi connectivity index (χ0n) is 17.8. The summed E-state index contributed by atoms with van der Waals surface area (Å²) in [4.78, 5) is 16.4. The second kappa shape index (κ2) is 9.14. The highest BCUT2D eigenvalue weighted by molar-refractivity contribution is 5.94. The molecule has 0 bridgehead atoms. The topological polar surface area (TPSA) is 81.6 Å². The Morgan fingerprint density at radius 2 is 1.97 bits per heavy atom. The molecule has 160 valence electrons. The number of methoxy groups -OCH3 is 1. The number of aromatic nitrogens is 4. The molecular formula is C24H26N4O3. The van der Waals surface area contributed by atoms with Crippen molar-refractivity contribution >= 4 is 11.6 Å². The van der Waals surface area contributed by atoms with Crippen molar-refractivity contribution in [3.8, 4) is 11.3 Å². The van der Waals surface area contributed by atoms with E-state index in [0.29, 0.717) is 24.5 Å². The van der Waals surface area contributed by atoms with E-state index in [0.717, 1.165) is 36.1 Å². The number of nitrogens with zero attached hydrogens (tertiary/aromatic N) is 4. The van der Waals surface area contributed by atoms with Crippen LogP contribution in [-0.2, 0) is 24.3 Å². The largest absolute Gasteiger partial charge is 0.476 e. The van der Waals surface area contributed by atoms with Gasteiger partial charge in [0.1, 0.15) is 11.3 Å². The molecule has 0 fully saturated rings. The maximum atomic E-state index is 11.9. The SMILES string of the molecule is CCCCc1cc(COC)nn1Cc1ccc(-c2nc3ccccn3c2C(=O)O)cc1. The fourth-order valence-corrected chi connectivity index (χ4v) is 3.77. The van der Waals surface area contributed by atoms with E-state index in [4.69, 9.17) is 9.84 Å². The van der Waals surface area contributed by atoms with Gasteiger partial charge in [0.25, 0.3) is 0 Å². The van der Waals surface area contributed by atoms with Gasteiger partial charge >= 0.3 is 5.97 Å². The Morgan fingerprint density at radius 1 is 1.16 bits per heavy atom. The molecule has 4 rings (SSSR count). The molecule has 1 N–H and O–H groups in total. The van der Waals surface area contributed by atoms with Crippen LogP contribution in [0, 0.1) is 0 Å². The van der Waals surface area contributed by atoms with Crippen LogP contribution < -0.4 is 0 Å². The Labute approximate surface area is 180 Å². The van der Waals surface area contributed by atoms with E-state index in [9.17, 15) is 9.90 Å². The van der Waals surface area contributed by atoms with Crippen LogP contribution in [-0.4, -0.2) is 37.4 Å². The molecule has 0 saturated heterocycles. The number of aromatic carboxylic acids is 1. The van der Waals surface area contributed by atoms with Crippen molar-refractivity contribution in [3.05, 3.63) is 77.4 Å². The Bertz CT molecular complexity index is 1190. The lowest BCUT2D eigenvalue weighted by Crippen LogP contribution is -2.07. The minimum absolute atomic E-state index is 0.168. The average molecular weight is 418 g/mol. The van der Waals surface area contributed by atoms with Gasteiger partial charge in [-0.05, 0) is 36.6 Å². The molecule has 0 aliphatic carbocycles. The molecule has 31 heavy (non-hydrogen) atoms. The van der Waals surface area contributed by atoms with Crippen LogP contribution >= 0.6 is 0 Å². The van der Waals surface area contributed by atoms with Crippen molar-refractivity contribution in [2.75, 3.05) is 7.11 Å². The summed E-state index contributed by atoms with van der Waals surface area (Å²) < 4.78 is 8.88. The molecule has 7 heteroatoms. The third-order valence-corrected chi connectivity index (χ3v) is 5.28. The first-order valence-electron chi connectivity index (χ1n) is 10.4. The maximum absolute atomic E-state index is 11.9. The molecule has 3 aromatic heterocycles. The molecule has 0 atom stereocenters. The van der Waals surface area contributed by atoms with E-state index in [1.54, 1.807) is 29.8 Å². The van der Waals surface area contributed by atoms with Gasteiger partial charge in [-0.2, -0.15) is 5.10 Å². The first-order chi connectivity index (χ1) is 15.1. The van der Waals surface area contributed by atoms with Crippen LogP contribution in [0.2, 0.25) is 0 Å². The Morgan fingerprint density at radius 3 is 2.68 bits per heavy atom. The zero-order chi connectivity index (χ0) is 21.8. The highest BCUT2D eigenvalue weighted by Gasteiger charge is 2.19. The van der Waals surface area contributed by atoms with Crippen LogP contribution in [0.4, 0.5) is 0 Å². The van der Waals surface area contributed by atoms with Crippen LogP contribution in [0.5, 0.6) is 0 Å². The lowest BCUT2D eigenvalue weighted by atomic mass is 10.1. The number of imidazole rings is 1. The van der Waals surface area contributed by atoms with Gasteiger partial charge in [0.2, 0.25) is 0 Å². The Hall–Kier alpha value is -3.45. The van der Waals surface area contributed by atoms with E-state index >= 15 is 0 Å². The average Bonchev–Trinajstić information content (AvgIpc) is 3.34. The number of fused-ring (bicyclic) bond motifs is 1. The van der Waals surface area contributed by atoms with Crippen LogP contribution in [0.15, 0.2) is 54.7 Å². The quantitative estimate of drug-likeness (QED) is 0.435. The first kappa shape index (κ1) is 20.8. The molecule has 7 nitrogen and oxygen atoms in total. The smallest absolute Gasteiger partial charge is 0.355 e. The normalized spacial score (nSPS) is 11.3. The van der Waals surface area contributed by atoms with Crippen molar-refractivity contribution in [3.63, 3.8) is 0 Å². The zero-order valence-corrected chi connectivity index (χ0v) is 17.8. The monoisotopic (exact) mass is 418 g/mol. The number of hydrogen-bond donors (Lipinski definition) is 1. The van der Waals surface area contributed by atoms with Crippen LogP contribution in [0.25, 0.3) is 16.9 Å². The summed E-state index contributed by atoms with van der Waals surface area (Å²) in [6.07, 6.45) is 4.94. The number of carbonyl (C=O) groups is 1. The number of benzene rings is 1. The summed E-state index contributed by atoms with van der Waals surface area (Å²) in [5.74, 6) is -0.999. The van der Waals surface area contributed by atoms with Gasteiger partial charge in [0, 0.05) is 24.6 Å². The molecular weight excluding hydrogens is 392 g/mol. The Kier molecular flexibility index (Phi) is 6.13. The standard InChI is InChI=1S/C24H26N4O3/c1-3-4-7-20-14-19(16-31-2)26-28(20)15-17-9-11-18(12-10-17)22-23(24(29)30)27-13-6-5-8-21(27)25-22/h5-6,8-14H,3-4,7,15-16H2,1-2H3,(H,29,30). The predicted octanol–water partition coefficient (Wildman–Crippen LogP) is 4.43. The molecule has 4 aromatic rings. The molecule has 0 radical (unpaired) electrons. The lowest BCUT2D eigenvalue weighted by molar-refractivity contribution is 0.0690. The van der Waals surface area contributed by atoms with E-state index in [1.165, 1.54) is 5.69 Å². The van der Waals surface area contributed by atoms with E-state index in [1.807, 2.05) is 35.0 Å². The van der Waals surface area contributed by atoms with Gasteiger partial charge in [-0.25, -0.2) is 9.78 Å². The minimum atomic E-state index is -0.999. The summed E-state index contributed by atoms with van der Waals surface area (Å²) >= 11 is 0. The number of unbranched alkanes of at least 4 members (excludes halogenated alkanes) is 1. The van der Waals surface area contributed by atoms with Gasteiger partial charge in [-0.1, -0.05) is 43.7 Å². The Balaban J connectivity index is 1.62. The highest BCUT2D eigenvalue weighted by Crippen LogP contribution is 2.25. The summed E-state index contributed by atoms with van der Waals surface area (Å²) in [5, 5.41) is 14.4. The number of rotatable bonds is 9. The van der Waals surface area contributed by atoms with E-state index < -0.39 is 5.97 Å². The van der Waals surface area contributed by atoms with Gasteiger partial charge in [-0.3, -0.25) is 9.08 Å². The molecule has 0 amide bonds. The number of carboxylic acid groups (broad SMARTS) is 1. The minimum Gasteiger partial charge on any atom is -0.476 e. The molecule has 0 aliphatic heterocycles. The molecule has 0 spiro atoms. The third kappa shape index (κ3) is 4.36. The number of carboxylic acids is 1. The van der Waals surface area contributed by atoms with Gasteiger partial charge in [-0.15, -0.1) is 0 Å². The third-order valence-electron chi connectivity index (χ3n) is 5.28. The molecule has 1 aromatic carbocycles. The van der Waals surface area contributed by atoms with Crippen molar-refractivity contribution in [1.82, 2.24) is 19.2 Å². The first-order valence-corrected chi connectivity index (χ1v) is 10.4. The van der Waals surface area contributed by atoms with E-state index in [-0.39, 0.29) is 5.69 Å². The predicted molar refractivity (Wildman–Crippen MR) is 118 cm³/mol. The van der Waals surface area contributed by atoms with Gasteiger partial charge in [0.15, 0.2) is 5.69 Å². The molecule has 0 saturated carbocycles. The summed E-state index contributed by atoms with van der Waals surface area (Å²) in [7, 11) is 1.67. The van der Waals surface area contributed by atoms with Gasteiger partial charge in [0.05, 0.1) is 18.8 Å². The van der Waals surface area contributed by atoms with Crippen molar-refractivity contribution in [2.24, 2.45) is 0 Å². The molecule has 0 aliphatic rings. The number of hydrogen-bond acceptors (Lipinski definition) is 4. The van der Waals surface area contributed by atoms with Crippen molar-refractivity contribution < 1.29 is 14.6 Å². The highest BCUT2D eigenvalue weighted by atomic mass is 16.5. The molecule has 3 heterocycles. The van der Waals surface area contributed by atoms with Crippen LogP contribution in [0.3, 0.4) is 0 Å². The number of pyridine rings is 1. The maximum Gasteiger partial charge on any atom is 0.355 e.